The average Bonchev–Trinajstić information content (AvgIpc) is 2.89. The van der Waals surface area contributed by atoms with Crippen molar-refractivity contribution in [3.05, 3.63) is 101 Å². The third-order valence-electron chi connectivity index (χ3n) is 6.44. The van der Waals surface area contributed by atoms with Crippen molar-refractivity contribution in [3.8, 4) is 5.75 Å². The Morgan fingerprint density at radius 1 is 1.03 bits per heavy atom. The fourth-order valence-corrected chi connectivity index (χ4v) is 4.67. The van der Waals surface area contributed by atoms with Crippen LogP contribution in [0.3, 0.4) is 0 Å². The fourth-order valence-electron chi connectivity index (χ4n) is 4.67. The molecule has 0 saturated carbocycles. The van der Waals surface area contributed by atoms with Crippen LogP contribution in [0.1, 0.15) is 58.4 Å². The number of carbonyl (C=O) groups is 2. The largest absolute Gasteiger partial charge is 0.496 e. The molecule has 1 heterocycles. The summed E-state index contributed by atoms with van der Waals surface area (Å²) in [7, 11) is 1.61. The van der Waals surface area contributed by atoms with Crippen LogP contribution in [0.25, 0.3) is 0 Å². The van der Waals surface area contributed by atoms with E-state index in [1.807, 2.05) is 66.7 Å². The third-order valence-corrected chi connectivity index (χ3v) is 6.44. The summed E-state index contributed by atoms with van der Waals surface area (Å²) < 4.78 is 5.56. The maximum Gasteiger partial charge on any atom is 0.255 e. The predicted molar refractivity (Wildman–Crippen MR) is 135 cm³/mol. The van der Waals surface area contributed by atoms with Gasteiger partial charge in [0.05, 0.1) is 32.2 Å². The summed E-state index contributed by atoms with van der Waals surface area (Å²) in [6.45, 7) is 4.87. The minimum Gasteiger partial charge on any atom is -0.496 e. The predicted octanol–water partition coefficient (Wildman–Crippen LogP) is 4.44. The van der Waals surface area contributed by atoms with Crippen molar-refractivity contribution in [2.75, 3.05) is 13.7 Å². The molecule has 3 aromatic carbocycles. The van der Waals surface area contributed by atoms with E-state index in [1.165, 1.54) is 0 Å². The van der Waals surface area contributed by atoms with Crippen molar-refractivity contribution in [2.45, 2.75) is 39.0 Å². The number of carbonyl (C=O) groups excluding carboxylic acids is 2. The Morgan fingerprint density at radius 2 is 1.71 bits per heavy atom. The number of nitrogens with zero attached hydrogens (tertiary/aromatic N) is 1. The average molecular weight is 473 g/mol. The SMILES string of the molecule is COc1ccccc1CN1C(=O)c2ccccc2[C@@H](C(=O)NCC(C)C)[C@@H]1c1ccc(CO)cc1. The zero-order valence-corrected chi connectivity index (χ0v) is 20.4. The van der Waals surface area contributed by atoms with E-state index in [-0.39, 0.29) is 25.0 Å². The molecule has 0 fully saturated rings. The summed E-state index contributed by atoms with van der Waals surface area (Å²) in [6, 6.07) is 21.9. The smallest absolute Gasteiger partial charge is 0.255 e. The first kappa shape index (κ1) is 24.5. The minimum absolute atomic E-state index is 0.0735. The number of para-hydroxylation sites is 1. The Hall–Kier alpha value is -3.64. The van der Waals surface area contributed by atoms with Crippen molar-refractivity contribution < 1.29 is 19.4 Å². The van der Waals surface area contributed by atoms with Gasteiger partial charge < -0.3 is 20.1 Å². The number of methoxy groups -OCH3 is 1. The maximum atomic E-state index is 13.9. The number of rotatable bonds is 8. The quantitative estimate of drug-likeness (QED) is 0.508. The zero-order valence-electron chi connectivity index (χ0n) is 20.4. The van der Waals surface area contributed by atoms with Gasteiger partial charge >= 0.3 is 0 Å². The van der Waals surface area contributed by atoms with Gasteiger partial charge in [0.1, 0.15) is 5.75 Å². The molecule has 3 aromatic rings. The molecule has 182 valence electrons. The molecule has 0 unspecified atom stereocenters. The van der Waals surface area contributed by atoms with E-state index in [1.54, 1.807) is 18.1 Å². The number of aliphatic hydroxyl groups excluding tert-OH is 1. The molecule has 0 aliphatic carbocycles. The van der Waals surface area contributed by atoms with Crippen molar-refractivity contribution in [1.29, 1.82) is 0 Å². The highest BCUT2D eigenvalue weighted by Gasteiger charge is 2.44. The number of ether oxygens (including phenoxy) is 1. The Labute approximate surface area is 206 Å². The van der Waals surface area contributed by atoms with E-state index >= 15 is 0 Å². The van der Waals surface area contributed by atoms with E-state index in [4.69, 9.17) is 4.74 Å². The van der Waals surface area contributed by atoms with Gasteiger partial charge in [-0.05, 0) is 34.7 Å². The van der Waals surface area contributed by atoms with Crippen molar-refractivity contribution in [2.24, 2.45) is 5.92 Å². The highest BCUT2D eigenvalue weighted by Crippen LogP contribution is 2.44. The van der Waals surface area contributed by atoms with Crippen molar-refractivity contribution in [1.82, 2.24) is 10.2 Å². The van der Waals surface area contributed by atoms with Crippen LogP contribution in [0.2, 0.25) is 0 Å². The molecule has 6 nitrogen and oxygen atoms in total. The number of amides is 2. The molecule has 2 amide bonds. The van der Waals surface area contributed by atoms with Crippen LogP contribution < -0.4 is 10.1 Å². The number of hydrogen-bond acceptors (Lipinski definition) is 4. The highest BCUT2D eigenvalue weighted by molar-refractivity contribution is 6.01. The first-order valence-electron chi connectivity index (χ1n) is 11.9. The fraction of sp³-hybridized carbons (Fsp3) is 0.310. The van der Waals surface area contributed by atoms with Crippen LogP contribution in [-0.4, -0.2) is 35.5 Å². The van der Waals surface area contributed by atoms with Crippen LogP contribution in [0.15, 0.2) is 72.8 Å². The number of hydrogen-bond donors (Lipinski definition) is 2. The monoisotopic (exact) mass is 472 g/mol. The molecule has 1 aliphatic rings. The van der Waals surface area contributed by atoms with Crippen LogP contribution in [0.4, 0.5) is 0 Å². The maximum absolute atomic E-state index is 13.9. The summed E-state index contributed by atoms with van der Waals surface area (Å²) in [5, 5.41) is 12.6. The van der Waals surface area contributed by atoms with E-state index in [0.29, 0.717) is 23.8 Å². The van der Waals surface area contributed by atoms with Gasteiger partial charge in [-0.1, -0.05) is 74.5 Å². The van der Waals surface area contributed by atoms with Gasteiger partial charge in [0.2, 0.25) is 5.91 Å². The van der Waals surface area contributed by atoms with Gasteiger partial charge in [0, 0.05) is 17.7 Å². The second kappa shape index (κ2) is 10.7. The molecule has 0 bridgehead atoms. The summed E-state index contributed by atoms with van der Waals surface area (Å²) >= 11 is 0. The van der Waals surface area contributed by atoms with Crippen LogP contribution >= 0.6 is 0 Å². The van der Waals surface area contributed by atoms with Gasteiger partial charge in [-0.25, -0.2) is 0 Å². The number of aliphatic hydroxyl groups is 1. The lowest BCUT2D eigenvalue weighted by molar-refractivity contribution is -0.124. The van der Waals surface area contributed by atoms with E-state index in [2.05, 4.69) is 19.2 Å². The van der Waals surface area contributed by atoms with Gasteiger partial charge in [-0.3, -0.25) is 9.59 Å². The lowest BCUT2D eigenvalue weighted by Crippen LogP contribution is -2.47. The Balaban J connectivity index is 1.86. The van der Waals surface area contributed by atoms with E-state index in [9.17, 15) is 14.7 Å². The molecular formula is C29H32N2O4. The zero-order chi connectivity index (χ0) is 24.9. The molecule has 0 spiro atoms. The van der Waals surface area contributed by atoms with Gasteiger partial charge in [0.25, 0.3) is 5.91 Å². The number of fused-ring (bicyclic) bond motifs is 1. The first-order valence-corrected chi connectivity index (χ1v) is 11.9. The van der Waals surface area contributed by atoms with Gasteiger partial charge in [-0.15, -0.1) is 0 Å². The van der Waals surface area contributed by atoms with Gasteiger partial charge in [-0.2, -0.15) is 0 Å². The first-order chi connectivity index (χ1) is 16.9. The number of benzene rings is 3. The normalized spacial score (nSPS) is 17.3. The molecule has 6 heteroatoms. The molecule has 4 rings (SSSR count). The van der Waals surface area contributed by atoms with Crippen LogP contribution in [-0.2, 0) is 17.9 Å². The summed E-state index contributed by atoms with van der Waals surface area (Å²) in [5.74, 6) is 0.161. The lowest BCUT2D eigenvalue weighted by Gasteiger charge is -2.42. The van der Waals surface area contributed by atoms with Gasteiger partial charge in [0.15, 0.2) is 0 Å². The molecule has 0 aromatic heterocycles. The standard InChI is InChI=1S/C29H32N2O4/c1-19(2)16-30-28(33)26-23-9-5-6-10-24(23)29(34)31(17-22-8-4-7-11-25(22)35-3)27(26)21-14-12-20(18-32)13-15-21/h4-15,19,26-27,32H,16-18H2,1-3H3,(H,30,33)/t26-,27+/m1/s1. The lowest BCUT2D eigenvalue weighted by atomic mass is 9.78. The Morgan fingerprint density at radius 3 is 2.40 bits per heavy atom. The van der Waals surface area contributed by atoms with Crippen molar-refractivity contribution >= 4 is 11.8 Å². The van der Waals surface area contributed by atoms with Crippen LogP contribution in [0.5, 0.6) is 5.75 Å². The molecule has 2 N–H and O–H groups in total. The molecule has 2 atom stereocenters. The molecule has 35 heavy (non-hydrogen) atoms. The summed E-state index contributed by atoms with van der Waals surface area (Å²) in [5.41, 5.74) is 3.74. The second-order valence-corrected chi connectivity index (χ2v) is 9.29. The van der Waals surface area contributed by atoms with E-state index in [0.717, 1.165) is 22.3 Å². The Bertz CT molecular complexity index is 1190. The molecular weight excluding hydrogens is 440 g/mol. The summed E-state index contributed by atoms with van der Waals surface area (Å²) in [4.78, 5) is 29.3. The molecule has 0 saturated heterocycles. The minimum atomic E-state index is -0.586. The second-order valence-electron chi connectivity index (χ2n) is 9.29. The molecule has 0 radical (unpaired) electrons. The number of nitrogens with one attached hydrogen (secondary N) is 1. The topological polar surface area (TPSA) is 78.9 Å². The van der Waals surface area contributed by atoms with Crippen LogP contribution in [0, 0.1) is 5.92 Å². The Kier molecular flexibility index (Phi) is 7.51. The summed E-state index contributed by atoms with van der Waals surface area (Å²) in [6.07, 6.45) is 0. The van der Waals surface area contributed by atoms with E-state index < -0.39 is 12.0 Å². The van der Waals surface area contributed by atoms with Crippen molar-refractivity contribution in [3.63, 3.8) is 0 Å². The highest BCUT2D eigenvalue weighted by atomic mass is 16.5. The molecule has 1 aliphatic heterocycles. The third kappa shape index (κ3) is 5.08.